The zero-order valence-corrected chi connectivity index (χ0v) is 15.6. The van der Waals surface area contributed by atoms with E-state index in [1.54, 1.807) is 18.3 Å². The zero-order valence-electron chi connectivity index (χ0n) is 14.8. The molecule has 0 aliphatic carbocycles. The van der Waals surface area contributed by atoms with Crippen molar-refractivity contribution in [2.24, 2.45) is 0 Å². The Labute approximate surface area is 155 Å². The molecule has 1 heterocycles. The fourth-order valence-electron chi connectivity index (χ4n) is 2.25. The number of nitrogens with zero attached hydrogens (tertiary/aromatic N) is 1. The van der Waals surface area contributed by atoms with Crippen LogP contribution in [0.5, 0.6) is 0 Å². The van der Waals surface area contributed by atoms with E-state index in [-0.39, 0.29) is 23.8 Å². The van der Waals surface area contributed by atoms with Gasteiger partial charge in [-0.25, -0.2) is 9.37 Å². The summed E-state index contributed by atoms with van der Waals surface area (Å²) < 4.78 is 18.7. The van der Waals surface area contributed by atoms with Crippen molar-refractivity contribution in [3.63, 3.8) is 0 Å². The normalized spacial score (nSPS) is 10.6. The summed E-state index contributed by atoms with van der Waals surface area (Å²) in [7, 11) is 0. The second-order valence-corrected chi connectivity index (χ2v) is 6.60. The zero-order chi connectivity index (χ0) is 18.9. The van der Waals surface area contributed by atoms with Crippen LogP contribution in [-0.2, 0) is 16.0 Å². The average Bonchev–Trinajstić information content (AvgIpc) is 3.01. The molecular weight excluding hydrogens is 357 g/mol. The highest BCUT2D eigenvalue weighted by atomic mass is 32.1. The SMILES string of the molecule is CCOCC(=O)Nc1cc(F)cc(C(=O)NCCCc2nc(C)cs2)c1. The number of hydrogen-bond acceptors (Lipinski definition) is 5. The lowest BCUT2D eigenvalue weighted by molar-refractivity contribution is -0.120. The van der Waals surface area contributed by atoms with E-state index in [2.05, 4.69) is 15.6 Å². The summed E-state index contributed by atoms with van der Waals surface area (Å²) in [5, 5.41) is 8.28. The summed E-state index contributed by atoms with van der Waals surface area (Å²) in [6.45, 7) is 4.46. The number of benzene rings is 1. The third-order valence-electron chi connectivity index (χ3n) is 3.40. The Kier molecular flexibility index (Phi) is 7.68. The maximum Gasteiger partial charge on any atom is 0.251 e. The van der Waals surface area contributed by atoms with E-state index in [9.17, 15) is 14.0 Å². The quantitative estimate of drug-likeness (QED) is 0.657. The summed E-state index contributed by atoms with van der Waals surface area (Å²) in [5.41, 5.74) is 1.37. The molecule has 26 heavy (non-hydrogen) atoms. The fourth-order valence-corrected chi connectivity index (χ4v) is 3.06. The number of amides is 2. The molecule has 0 aliphatic rings. The molecule has 2 N–H and O–H groups in total. The number of nitrogens with one attached hydrogen (secondary N) is 2. The molecule has 2 aromatic rings. The van der Waals surface area contributed by atoms with E-state index < -0.39 is 11.7 Å². The van der Waals surface area contributed by atoms with Gasteiger partial charge in [0.1, 0.15) is 12.4 Å². The van der Waals surface area contributed by atoms with Gasteiger partial charge in [0, 0.05) is 41.9 Å². The van der Waals surface area contributed by atoms with Gasteiger partial charge in [0.2, 0.25) is 5.91 Å². The van der Waals surface area contributed by atoms with E-state index in [1.807, 2.05) is 12.3 Å². The molecule has 2 amide bonds. The van der Waals surface area contributed by atoms with Gasteiger partial charge in [-0.05, 0) is 38.5 Å². The Morgan fingerprint density at radius 2 is 2.12 bits per heavy atom. The molecule has 0 aliphatic heterocycles. The first-order valence-electron chi connectivity index (χ1n) is 8.35. The minimum atomic E-state index is -0.595. The van der Waals surface area contributed by atoms with Gasteiger partial charge in [0.15, 0.2) is 0 Å². The Balaban J connectivity index is 1.86. The standard InChI is InChI=1S/C18H22FN3O3S/c1-3-25-10-16(23)22-15-8-13(7-14(19)9-15)18(24)20-6-4-5-17-21-12(2)11-26-17/h7-9,11H,3-6,10H2,1-2H3,(H,20,24)(H,22,23). The van der Waals surface area contributed by atoms with Crippen molar-refractivity contribution >= 4 is 28.8 Å². The topological polar surface area (TPSA) is 80.3 Å². The highest BCUT2D eigenvalue weighted by molar-refractivity contribution is 7.09. The highest BCUT2D eigenvalue weighted by Crippen LogP contribution is 2.15. The van der Waals surface area contributed by atoms with E-state index in [0.29, 0.717) is 13.2 Å². The summed E-state index contributed by atoms with van der Waals surface area (Å²) in [5.74, 6) is -1.38. The van der Waals surface area contributed by atoms with Crippen molar-refractivity contribution in [2.75, 3.05) is 25.1 Å². The number of aromatic nitrogens is 1. The average molecular weight is 379 g/mol. The van der Waals surface area contributed by atoms with Crippen LogP contribution in [0.4, 0.5) is 10.1 Å². The van der Waals surface area contributed by atoms with Crippen LogP contribution in [0.25, 0.3) is 0 Å². The molecule has 2 rings (SSSR count). The van der Waals surface area contributed by atoms with E-state index in [1.165, 1.54) is 6.07 Å². The van der Waals surface area contributed by atoms with Gasteiger partial charge in [0.05, 0.1) is 5.01 Å². The number of rotatable bonds is 9. The van der Waals surface area contributed by atoms with Crippen LogP contribution in [0.2, 0.25) is 0 Å². The van der Waals surface area contributed by atoms with Crippen molar-refractivity contribution in [1.29, 1.82) is 0 Å². The smallest absolute Gasteiger partial charge is 0.251 e. The van der Waals surface area contributed by atoms with Crippen LogP contribution in [0.3, 0.4) is 0 Å². The molecule has 8 heteroatoms. The lowest BCUT2D eigenvalue weighted by Gasteiger charge is -2.09. The third-order valence-corrected chi connectivity index (χ3v) is 4.43. The largest absolute Gasteiger partial charge is 0.372 e. The Morgan fingerprint density at radius 3 is 2.81 bits per heavy atom. The molecule has 0 radical (unpaired) electrons. The van der Waals surface area contributed by atoms with E-state index in [0.717, 1.165) is 35.7 Å². The number of anilines is 1. The molecule has 1 aromatic carbocycles. The number of ether oxygens (including phenoxy) is 1. The third kappa shape index (κ3) is 6.53. The minimum absolute atomic E-state index is 0.120. The number of carbonyl (C=O) groups is 2. The maximum atomic E-state index is 13.7. The van der Waals surface area contributed by atoms with E-state index in [4.69, 9.17) is 4.74 Å². The molecule has 0 spiro atoms. The molecule has 0 atom stereocenters. The van der Waals surface area contributed by atoms with Gasteiger partial charge in [-0.3, -0.25) is 9.59 Å². The summed E-state index contributed by atoms with van der Waals surface area (Å²) >= 11 is 1.60. The number of hydrogen-bond donors (Lipinski definition) is 2. The summed E-state index contributed by atoms with van der Waals surface area (Å²) in [4.78, 5) is 28.2. The first-order valence-corrected chi connectivity index (χ1v) is 9.23. The molecule has 0 saturated carbocycles. The van der Waals surface area contributed by atoms with Crippen molar-refractivity contribution in [3.8, 4) is 0 Å². The van der Waals surface area contributed by atoms with Crippen molar-refractivity contribution in [1.82, 2.24) is 10.3 Å². The number of halogens is 1. The Hall–Kier alpha value is -2.32. The number of aryl methyl sites for hydroxylation is 2. The molecule has 1 aromatic heterocycles. The Morgan fingerprint density at radius 1 is 1.31 bits per heavy atom. The molecule has 0 unspecified atom stereocenters. The van der Waals surface area contributed by atoms with Crippen molar-refractivity contribution in [3.05, 3.63) is 45.7 Å². The predicted octanol–water partition coefficient (Wildman–Crippen LogP) is 2.93. The summed E-state index contributed by atoms with van der Waals surface area (Å²) in [6, 6.07) is 3.73. The van der Waals surface area contributed by atoms with Gasteiger partial charge in [-0.2, -0.15) is 0 Å². The monoisotopic (exact) mass is 379 g/mol. The van der Waals surface area contributed by atoms with Crippen LogP contribution in [0, 0.1) is 12.7 Å². The van der Waals surface area contributed by atoms with Crippen LogP contribution >= 0.6 is 11.3 Å². The number of thiazole rings is 1. The van der Waals surface area contributed by atoms with Crippen LogP contribution in [0.1, 0.15) is 34.4 Å². The summed E-state index contributed by atoms with van der Waals surface area (Å²) in [6.07, 6.45) is 1.52. The maximum absolute atomic E-state index is 13.7. The molecule has 6 nitrogen and oxygen atoms in total. The van der Waals surface area contributed by atoms with Crippen LogP contribution in [-0.4, -0.2) is 36.6 Å². The predicted molar refractivity (Wildman–Crippen MR) is 99.0 cm³/mol. The fraction of sp³-hybridized carbons (Fsp3) is 0.389. The van der Waals surface area contributed by atoms with Crippen LogP contribution < -0.4 is 10.6 Å². The second kappa shape index (κ2) is 9.98. The van der Waals surface area contributed by atoms with E-state index >= 15 is 0 Å². The molecular formula is C18H22FN3O3S. The lowest BCUT2D eigenvalue weighted by Crippen LogP contribution is -2.25. The first-order chi connectivity index (χ1) is 12.5. The molecule has 0 fully saturated rings. The molecule has 0 saturated heterocycles. The second-order valence-electron chi connectivity index (χ2n) is 5.66. The van der Waals surface area contributed by atoms with Crippen LogP contribution in [0.15, 0.2) is 23.6 Å². The number of carbonyl (C=O) groups excluding carboxylic acids is 2. The van der Waals surface area contributed by atoms with Gasteiger partial charge in [0.25, 0.3) is 5.91 Å². The highest BCUT2D eigenvalue weighted by Gasteiger charge is 2.11. The van der Waals surface area contributed by atoms with Gasteiger partial charge < -0.3 is 15.4 Å². The minimum Gasteiger partial charge on any atom is -0.372 e. The van der Waals surface area contributed by atoms with Gasteiger partial charge in [-0.15, -0.1) is 11.3 Å². The molecule has 0 bridgehead atoms. The lowest BCUT2D eigenvalue weighted by atomic mass is 10.1. The van der Waals surface area contributed by atoms with Crippen molar-refractivity contribution in [2.45, 2.75) is 26.7 Å². The van der Waals surface area contributed by atoms with Gasteiger partial charge >= 0.3 is 0 Å². The molecule has 140 valence electrons. The van der Waals surface area contributed by atoms with Gasteiger partial charge in [-0.1, -0.05) is 0 Å². The van der Waals surface area contributed by atoms with Crippen molar-refractivity contribution < 1.29 is 18.7 Å². The first kappa shape index (κ1) is 20.0. The Bertz CT molecular complexity index is 764.